The van der Waals surface area contributed by atoms with Crippen molar-refractivity contribution in [1.29, 1.82) is 0 Å². The third kappa shape index (κ3) is 3.37. The number of rotatable bonds is 2. The van der Waals surface area contributed by atoms with Gasteiger partial charge in [0.15, 0.2) is 0 Å². The monoisotopic (exact) mass is 182 g/mol. The molecule has 1 aliphatic heterocycles. The number of piperidine rings is 1. The van der Waals surface area contributed by atoms with Crippen LogP contribution in [-0.2, 0) is 4.79 Å². The van der Waals surface area contributed by atoms with Gasteiger partial charge in [-0.3, -0.25) is 4.79 Å². The Labute approximate surface area is 81.3 Å². The first-order valence-electron chi connectivity index (χ1n) is 5.20. The van der Waals surface area contributed by atoms with Crippen molar-refractivity contribution in [2.75, 3.05) is 13.1 Å². The van der Waals surface area contributed by atoms with Crippen LogP contribution in [0.25, 0.3) is 0 Å². The maximum atomic E-state index is 11.6. The van der Waals surface area contributed by atoms with E-state index in [-0.39, 0.29) is 0 Å². The first-order valence-corrected chi connectivity index (χ1v) is 5.20. The van der Waals surface area contributed by atoms with Crippen LogP contribution in [0, 0.1) is 18.8 Å². The summed E-state index contributed by atoms with van der Waals surface area (Å²) in [5.74, 6) is 1.36. The Hall–Kier alpha value is -0.530. The number of carbonyl (C=O) groups is 1. The molecule has 75 valence electrons. The molecule has 13 heavy (non-hydrogen) atoms. The highest BCUT2D eigenvalue weighted by Crippen LogP contribution is 2.17. The molecule has 1 rings (SSSR count). The van der Waals surface area contributed by atoms with Gasteiger partial charge in [-0.2, -0.15) is 0 Å². The first kappa shape index (κ1) is 10.6. The third-order valence-electron chi connectivity index (χ3n) is 2.55. The fraction of sp³-hybridized carbons (Fsp3) is 0.818. The average molecular weight is 182 g/mol. The minimum Gasteiger partial charge on any atom is -0.343 e. The largest absolute Gasteiger partial charge is 0.343 e. The summed E-state index contributed by atoms with van der Waals surface area (Å²) in [6.45, 7) is 10.0. The van der Waals surface area contributed by atoms with Crippen molar-refractivity contribution in [2.24, 2.45) is 11.8 Å². The SMILES string of the molecule is [CH2]C1CCN(C(=O)CC(C)C)CC1. The van der Waals surface area contributed by atoms with E-state index >= 15 is 0 Å². The Morgan fingerprint density at radius 1 is 1.46 bits per heavy atom. The van der Waals surface area contributed by atoms with Crippen molar-refractivity contribution in [3.05, 3.63) is 6.92 Å². The Bertz CT molecular complexity index is 169. The average Bonchev–Trinajstić information content (AvgIpc) is 2.04. The van der Waals surface area contributed by atoms with Gasteiger partial charge >= 0.3 is 0 Å². The number of hydrogen-bond acceptors (Lipinski definition) is 1. The highest BCUT2D eigenvalue weighted by molar-refractivity contribution is 5.76. The molecule has 1 fully saturated rings. The molecule has 1 saturated heterocycles. The summed E-state index contributed by atoms with van der Waals surface area (Å²) in [6, 6.07) is 0. The number of amides is 1. The minimum absolute atomic E-state index is 0.321. The quantitative estimate of drug-likeness (QED) is 0.640. The van der Waals surface area contributed by atoms with Crippen LogP contribution < -0.4 is 0 Å². The van der Waals surface area contributed by atoms with E-state index in [0.29, 0.717) is 24.2 Å². The van der Waals surface area contributed by atoms with Crippen molar-refractivity contribution in [1.82, 2.24) is 4.90 Å². The topological polar surface area (TPSA) is 20.3 Å². The molecule has 1 radical (unpaired) electrons. The van der Waals surface area contributed by atoms with Crippen LogP contribution in [-0.4, -0.2) is 23.9 Å². The lowest BCUT2D eigenvalue weighted by Gasteiger charge is -2.30. The first-order chi connectivity index (χ1) is 6.09. The van der Waals surface area contributed by atoms with E-state index in [1.54, 1.807) is 0 Å². The molecule has 0 aromatic carbocycles. The number of nitrogens with zero attached hydrogens (tertiary/aromatic N) is 1. The lowest BCUT2D eigenvalue weighted by molar-refractivity contribution is -0.133. The molecule has 0 aromatic heterocycles. The molecule has 1 aliphatic rings. The lowest BCUT2D eigenvalue weighted by Crippen LogP contribution is -2.38. The molecular formula is C11H20NO. The molecule has 0 unspecified atom stereocenters. The molecular weight excluding hydrogens is 162 g/mol. The van der Waals surface area contributed by atoms with Crippen molar-refractivity contribution < 1.29 is 4.79 Å². The smallest absolute Gasteiger partial charge is 0.222 e. The highest BCUT2D eigenvalue weighted by atomic mass is 16.2. The molecule has 0 atom stereocenters. The van der Waals surface area contributed by atoms with E-state index in [9.17, 15) is 4.79 Å². The van der Waals surface area contributed by atoms with Crippen molar-refractivity contribution >= 4 is 5.91 Å². The maximum Gasteiger partial charge on any atom is 0.222 e. The van der Waals surface area contributed by atoms with Gasteiger partial charge in [-0.05, 0) is 24.7 Å². The second kappa shape index (κ2) is 4.64. The van der Waals surface area contributed by atoms with Gasteiger partial charge in [-0.1, -0.05) is 20.8 Å². The maximum absolute atomic E-state index is 11.6. The Morgan fingerprint density at radius 3 is 2.46 bits per heavy atom. The van der Waals surface area contributed by atoms with E-state index in [2.05, 4.69) is 20.8 Å². The van der Waals surface area contributed by atoms with Crippen molar-refractivity contribution in [3.8, 4) is 0 Å². The summed E-state index contributed by atoms with van der Waals surface area (Å²) in [7, 11) is 0. The molecule has 2 heteroatoms. The van der Waals surface area contributed by atoms with Crippen LogP contribution in [0.5, 0.6) is 0 Å². The van der Waals surface area contributed by atoms with Gasteiger partial charge in [0.25, 0.3) is 0 Å². The van der Waals surface area contributed by atoms with Gasteiger partial charge < -0.3 is 4.90 Å². The van der Waals surface area contributed by atoms with Gasteiger partial charge in [0.2, 0.25) is 5.91 Å². The normalized spacial score (nSPS) is 19.5. The van der Waals surface area contributed by atoms with Gasteiger partial charge in [0, 0.05) is 19.5 Å². The fourth-order valence-corrected chi connectivity index (χ4v) is 1.66. The van der Waals surface area contributed by atoms with Crippen molar-refractivity contribution in [2.45, 2.75) is 33.1 Å². The lowest BCUT2D eigenvalue weighted by atomic mass is 9.98. The van der Waals surface area contributed by atoms with Crippen LogP contribution in [0.2, 0.25) is 0 Å². The third-order valence-corrected chi connectivity index (χ3v) is 2.55. The minimum atomic E-state index is 0.321. The summed E-state index contributed by atoms with van der Waals surface area (Å²) in [5, 5.41) is 0. The second-order valence-corrected chi connectivity index (χ2v) is 4.42. The Balaban J connectivity index is 2.31. The van der Waals surface area contributed by atoms with Crippen LogP contribution in [0.4, 0.5) is 0 Å². The second-order valence-electron chi connectivity index (χ2n) is 4.42. The molecule has 0 saturated carbocycles. The van der Waals surface area contributed by atoms with Crippen LogP contribution in [0.1, 0.15) is 33.1 Å². The zero-order valence-corrected chi connectivity index (χ0v) is 8.75. The van der Waals surface area contributed by atoms with E-state index in [0.717, 1.165) is 25.9 Å². The zero-order chi connectivity index (χ0) is 9.84. The van der Waals surface area contributed by atoms with Crippen LogP contribution >= 0.6 is 0 Å². The van der Waals surface area contributed by atoms with Gasteiger partial charge in [-0.15, -0.1) is 0 Å². The molecule has 0 bridgehead atoms. The summed E-state index contributed by atoms with van der Waals surface area (Å²) in [4.78, 5) is 13.6. The number of carbonyl (C=O) groups excluding carboxylic acids is 1. The van der Waals surface area contributed by atoms with Gasteiger partial charge in [0.1, 0.15) is 0 Å². The van der Waals surface area contributed by atoms with Crippen LogP contribution in [0.3, 0.4) is 0 Å². The van der Waals surface area contributed by atoms with E-state index in [1.807, 2.05) is 4.90 Å². The van der Waals surface area contributed by atoms with Crippen LogP contribution in [0.15, 0.2) is 0 Å². The van der Waals surface area contributed by atoms with E-state index in [4.69, 9.17) is 0 Å². The van der Waals surface area contributed by atoms with E-state index in [1.165, 1.54) is 0 Å². The molecule has 0 aliphatic carbocycles. The molecule has 0 aromatic rings. The molecule has 1 heterocycles. The standard InChI is InChI=1S/C11H20NO/c1-9(2)8-11(13)12-6-4-10(3)5-7-12/h9-10H,3-8H2,1-2H3. The summed E-state index contributed by atoms with van der Waals surface area (Å²) < 4.78 is 0. The fourth-order valence-electron chi connectivity index (χ4n) is 1.66. The summed E-state index contributed by atoms with van der Waals surface area (Å²) in [6.07, 6.45) is 2.84. The zero-order valence-electron chi connectivity index (χ0n) is 8.75. The van der Waals surface area contributed by atoms with Crippen molar-refractivity contribution in [3.63, 3.8) is 0 Å². The summed E-state index contributed by atoms with van der Waals surface area (Å²) in [5.41, 5.74) is 0. The number of hydrogen-bond donors (Lipinski definition) is 0. The summed E-state index contributed by atoms with van der Waals surface area (Å²) >= 11 is 0. The predicted octanol–water partition coefficient (Wildman–Crippen LogP) is 2.11. The highest BCUT2D eigenvalue weighted by Gasteiger charge is 2.20. The van der Waals surface area contributed by atoms with Gasteiger partial charge in [-0.25, -0.2) is 0 Å². The Kier molecular flexibility index (Phi) is 3.76. The van der Waals surface area contributed by atoms with E-state index < -0.39 is 0 Å². The molecule has 0 spiro atoms. The number of likely N-dealkylation sites (tertiary alicyclic amines) is 1. The molecule has 2 nitrogen and oxygen atoms in total. The molecule has 1 amide bonds. The Morgan fingerprint density at radius 2 is 2.00 bits per heavy atom. The molecule has 0 N–H and O–H groups in total. The predicted molar refractivity (Wildman–Crippen MR) is 54.1 cm³/mol. The van der Waals surface area contributed by atoms with Gasteiger partial charge in [0.05, 0.1) is 0 Å².